The van der Waals surface area contributed by atoms with Crippen molar-refractivity contribution in [3.05, 3.63) is 23.2 Å². The van der Waals surface area contributed by atoms with E-state index in [0.29, 0.717) is 13.1 Å². The first-order chi connectivity index (χ1) is 12.9. The first-order valence-corrected chi connectivity index (χ1v) is 10.4. The predicted molar refractivity (Wildman–Crippen MR) is 104 cm³/mol. The Morgan fingerprint density at radius 3 is 2.37 bits per heavy atom. The number of urea groups is 1. The minimum atomic E-state index is -0.0846. The number of nitrogens with one attached hydrogen (secondary N) is 2. The van der Waals surface area contributed by atoms with Gasteiger partial charge in [0, 0.05) is 30.6 Å². The fourth-order valence-electron chi connectivity index (χ4n) is 4.35. The summed E-state index contributed by atoms with van der Waals surface area (Å²) in [6.45, 7) is 7.17. The molecule has 1 saturated heterocycles. The van der Waals surface area contributed by atoms with Gasteiger partial charge in [0.15, 0.2) is 0 Å². The van der Waals surface area contributed by atoms with E-state index < -0.39 is 0 Å². The maximum Gasteiger partial charge on any atom is 0.317 e. The van der Waals surface area contributed by atoms with Crippen molar-refractivity contribution in [1.82, 2.24) is 15.5 Å². The van der Waals surface area contributed by atoms with Crippen molar-refractivity contribution in [2.45, 2.75) is 77.8 Å². The molecule has 0 spiro atoms. The molecule has 1 aromatic rings. The van der Waals surface area contributed by atoms with Crippen LogP contribution in [0.25, 0.3) is 0 Å². The van der Waals surface area contributed by atoms with Crippen LogP contribution < -0.4 is 10.6 Å². The minimum absolute atomic E-state index is 0.0437. The van der Waals surface area contributed by atoms with Gasteiger partial charge in [0.25, 0.3) is 0 Å². The van der Waals surface area contributed by atoms with E-state index >= 15 is 0 Å². The van der Waals surface area contributed by atoms with Gasteiger partial charge in [0.05, 0.1) is 6.04 Å². The Morgan fingerprint density at radius 2 is 1.78 bits per heavy atom. The van der Waals surface area contributed by atoms with Crippen molar-refractivity contribution in [1.29, 1.82) is 0 Å². The average molecular weight is 376 g/mol. The van der Waals surface area contributed by atoms with E-state index in [4.69, 9.17) is 4.42 Å². The van der Waals surface area contributed by atoms with Crippen LogP contribution in [0.2, 0.25) is 0 Å². The quantitative estimate of drug-likeness (QED) is 0.840. The molecule has 2 aliphatic rings. The number of furan rings is 1. The average Bonchev–Trinajstić information content (AvgIpc) is 3.01. The molecule has 150 valence electrons. The fourth-order valence-corrected chi connectivity index (χ4v) is 4.35. The van der Waals surface area contributed by atoms with Crippen molar-refractivity contribution in [2.75, 3.05) is 13.1 Å². The number of hydrogen-bond acceptors (Lipinski definition) is 3. The Morgan fingerprint density at radius 1 is 1.11 bits per heavy atom. The zero-order chi connectivity index (χ0) is 19.4. The molecule has 3 amide bonds. The van der Waals surface area contributed by atoms with Crippen molar-refractivity contribution < 1.29 is 14.0 Å². The molecule has 6 nitrogen and oxygen atoms in total. The summed E-state index contributed by atoms with van der Waals surface area (Å²) < 4.78 is 5.56. The highest BCUT2D eigenvalue weighted by atomic mass is 16.3. The molecule has 2 fully saturated rings. The molecular weight excluding hydrogens is 342 g/mol. The molecule has 1 aliphatic carbocycles. The first-order valence-electron chi connectivity index (χ1n) is 10.4. The van der Waals surface area contributed by atoms with Crippen LogP contribution in [0.15, 0.2) is 10.5 Å². The summed E-state index contributed by atoms with van der Waals surface area (Å²) in [7, 11) is 0. The second-order valence-corrected chi connectivity index (χ2v) is 8.14. The largest absolute Gasteiger partial charge is 0.466 e. The molecule has 0 radical (unpaired) electrons. The minimum Gasteiger partial charge on any atom is -0.466 e. The highest BCUT2D eigenvalue weighted by molar-refractivity contribution is 5.79. The number of carbonyl (C=O) groups excluding carboxylic acids is 2. The number of aryl methyl sites for hydroxylation is 2. The normalized spacial score (nSPS) is 20.3. The molecule has 0 bridgehead atoms. The Labute approximate surface area is 162 Å². The first kappa shape index (κ1) is 19.8. The fraction of sp³-hybridized carbons (Fsp3) is 0.714. The van der Waals surface area contributed by atoms with Crippen molar-refractivity contribution in [3.8, 4) is 0 Å². The Hall–Kier alpha value is -1.98. The summed E-state index contributed by atoms with van der Waals surface area (Å²) >= 11 is 0. The summed E-state index contributed by atoms with van der Waals surface area (Å²) in [5.74, 6) is 2.13. The van der Waals surface area contributed by atoms with Crippen LogP contribution in [-0.4, -0.2) is 36.0 Å². The van der Waals surface area contributed by atoms with Gasteiger partial charge in [-0.25, -0.2) is 4.79 Å². The van der Waals surface area contributed by atoms with E-state index in [-0.39, 0.29) is 29.9 Å². The summed E-state index contributed by atoms with van der Waals surface area (Å²) in [6, 6.07) is 2.05. The van der Waals surface area contributed by atoms with E-state index in [1.54, 1.807) is 0 Å². The summed E-state index contributed by atoms with van der Waals surface area (Å²) in [4.78, 5) is 26.8. The van der Waals surface area contributed by atoms with Crippen LogP contribution in [0, 0.1) is 19.8 Å². The SMILES string of the molecule is Cc1cc(C(C)NC(=O)N2CCC(NC(=O)C3CCCCC3)CC2)c(C)o1. The molecule has 1 aromatic heterocycles. The van der Waals surface area contributed by atoms with Crippen LogP contribution in [0.3, 0.4) is 0 Å². The smallest absolute Gasteiger partial charge is 0.317 e. The number of likely N-dealkylation sites (tertiary alicyclic amines) is 1. The zero-order valence-corrected chi connectivity index (χ0v) is 16.8. The molecule has 1 saturated carbocycles. The standard InChI is InChI=1S/C21H33N3O3/c1-14-13-19(16(3)27-14)15(2)22-21(26)24-11-9-18(10-12-24)23-20(25)17-7-5-4-6-8-17/h13,15,17-18H,4-12H2,1-3H3,(H,22,26)(H,23,25). The molecule has 2 N–H and O–H groups in total. The lowest BCUT2D eigenvalue weighted by Crippen LogP contribution is -2.50. The lowest BCUT2D eigenvalue weighted by atomic mass is 9.88. The number of hydrogen-bond donors (Lipinski definition) is 2. The highest BCUT2D eigenvalue weighted by Gasteiger charge is 2.28. The van der Waals surface area contributed by atoms with Crippen LogP contribution in [0.5, 0.6) is 0 Å². The highest BCUT2D eigenvalue weighted by Crippen LogP contribution is 2.25. The lowest BCUT2D eigenvalue weighted by Gasteiger charge is -2.34. The predicted octanol–water partition coefficient (Wildman–Crippen LogP) is 3.83. The lowest BCUT2D eigenvalue weighted by molar-refractivity contribution is -0.126. The van der Waals surface area contributed by atoms with Crippen LogP contribution in [0.1, 0.15) is 75.0 Å². The van der Waals surface area contributed by atoms with Gasteiger partial charge in [0.1, 0.15) is 11.5 Å². The molecule has 1 unspecified atom stereocenters. The van der Waals surface area contributed by atoms with Gasteiger partial charge in [-0.1, -0.05) is 19.3 Å². The Bertz CT molecular complexity index is 656. The molecular formula is C21H33N3O3. The number of carbonyl (C=O) groups is 2. The van der Waals surface area contributed by atoms with Gasteiger partial charge in [0.2, 0.25) is 5.91 Å². The molecule has 0 aromatic carbocycles. The summed E-state index contributed by atoms with van der Waals surface area (Å²) in [5, 5.41) is 6.28. The van der Waals surface area contributed by atoms with Gasteiger partial charge in [-0.2, -0.15) is 0 Å². The zero-order valence-electron chi connectivity index (χ0n) is 16.8. The second-order valence-electron chi connectivity index (χ2n) is 8.14. The Kier molecular flexibility index (Phi) is 6.45. The molecule has 1 aliphatic heterocycles. The maximum absolute atomic E-state index is 12.6. The summed E-state index contributed by atoms with van der Waals surface area (Å²) in [5.41, 5.74) is 1.02. The third-order valence-corrected chi connectivity index (χ3v) is 5.99. The van der Waals surface area contributed by atoms with Crippen molar-refractivity contribution in [2.24, 2.45) is 5.92 Å². The summed E-state index contributed by atoms with van der Waals surface area (Å²) in [6.07, 6.45) is 7.30. The third-order valence-electron chi connectivity index (χ3n) is 5.99. The van der Waals surface area contributed by atoms with E-state index in [9.17, 15) is 9.59 Å². The van der Waals surface area contributed by atoms with Gasteiger partial charge in [-0.15, -0.1) is 0 Å². The van der Waals surface area contributed by atoms with Gasteiger partial charge >= 0.3 is 6.03 Å². The molecule has 1 atom stereocenters. The van der Waals surface area contributed by atoms with E-state index in [1.807, 2.05) is 31.7 Å². The van der Waals surface area contributed by atoms with Gasteiger partial charge < -0.3 is 20.0 Å². The third kappa shape index (κ3) is 5.05. The van der Waals surface area contributed by atoms with Crippen LogP contribution in [0.4, 0.5) is 4.79 Å². The maximum atomic E-state index is 12.6. The van der Waals surface area contributed by atoms with Crippen LogP contribution in [-0.2, 0) is 4.79 Å². The number of piperidine rings is 1. The van der Waals surface area contributed by atoms with E-state index in [0.717, 1.165) is 42.8 Å². The van der Waals surface area contributed by atoms with Gasteiger partial charge in [-0.3, -0.25) is 4.79 Å². The van der Waals surface area contributed by atoms with E-state index in [1.165, 1.54) is 19.3 Å². The van der Waals surface area contributed by atoms with Crippen LogP contribution >= 0.6 is 0 Å². The molecule has 2 heterocycles. The number of rotatable bonds is 4. The molecule has 3 rings (SSSR count). The number of amides is 3. The second kappa shape index (κ2) is 8.81. The van der Waals surface area contributed by atoms with Crippen molar-refractivity contribution in [3.63, 3.8) is 0 Å². The van der Waals surface area contributed by atoms with E-state index in [2.05, 4.69) is 10.6 Å². The van der Waals surface area contributed by atoms with Crippen molar-refractivity contribution >= 4 is 11.9 Å². The molecule has 27 heavy (non-hydrogen) atoms. The van der Waals surface area contributed by atoms with Gasteiger partial charge in [-0.05, 0) is 52.5 Å². The Balaban J connectivity index is 1.43. The topological polar surface area (TPSA) is 74.6 Å². The number of nitrogens with zero attached hydrogens (tertiary/aromatic N) is 1. The molecule has 6 heteroatoms. The monoisotopic (exact) mass is 375 g/mol.